The average molecular weight is 270 g/mol. The van der Waals surface area contributed by atoms with Crippen LogP contribution in [0.4, 0.5) is 5.69 Å². The van der Waals surface area contributed by atoms with E-state index >= 15 is 0 Å². The molecule has 98 valence electrons. The lowest BCUT2D eigenvalue weighted by Gasteiger charge is -2.08. The van der Waals surface area contributed by atoms with E-state index in [4.69, 9.17) is 16.3 Å². The van der Waals surface area contributed by atoms with Crippen molar-refractivity contribution in [1.82, 2.24) is 0 Å². The van der Waals surface area contributed by atoms with Crippen LogP contribution in [0.2, 0.25) is 5.02 Å². The van der Waals surface area contributed by atoms with Gasteiger partial charge in [0.1, 0.15) is 5.75 Å². The third-order valence-corrected chi connectivity index (χ3v) is 2.71. The van der Waals surface area contributed by atoms with Gasteiger partial charge in [-0.15, -0.1) is 0 Å². The molecule has 1 rings (SSSR count). The second-order valence-corrected chi connectivity index (χ2v) is 4.01. The molecule has 0 aliphatic carbocycles. The molecular formula is C13H16ClNO3. The van der Waals surface area contributed by atoms with Gasteiger partial charge in [0.05, 0.1) is 24.9 Å². The van der Waals surface area contributed by atoms with E-state index in [1.807, 2.05) is 0 Å². The molecule has 4 nitrogen and oxygen atoms in total. The predicted octanol–water partition coefficient (Wildman–Crippen LogP) is 2.88. The number of anilines is 1. The normalized spacial score (nSPS) is 11.0. The van der Waals surface area contributed by atoms with Crippen molar-refractivity contribution >= 4 is 23.3 Å². The van der Waals surface area contributed by atoms with Gasteiger partial charge in [0.2, 0.25) is 0 Å². The van der Waals surface area contributed by atoms with Crippen molar-refractivity contribution in [3.63, 3.8) is 0 Å². The first-order valence-electron chi connectivity index (χ1n) is 5.41. The van der Waals surface area contributed by atoms with Gasteiger partial charge < -0.3 is 14.8 Å². The zero-order valence-corrected chi connectivity index (χ0v) is 11.4. The highest BCUT2D eigenvalue weighted by atomic mass is 35.5. The number of hydrogen-bond acceptors (Lipinski definition) is 4. The molecule has 1 aromatic carbocycles. The Balaban J connectivity index is 2.66. The first-order chi connectivity index (χ1) is 8.58. The van der Waals surface area contributed by atoms with Crippen LogP contribution in [0.5, 0.6) is 5.75 Å². The van der Waals surface area contributed by atoms with E-state index in [1.165, 1.54) is 7.11 Å². The van der Waals surface area contributed by atoms with Crippen LogP contribution in [-0.2, 0) is 9.53 Å². The van der Waals surface area contributed by atoms with E-state index in [9.17, 15) is 4.79 Å². The van der Waals surface area contributed by atoms with E-state index in [0.29, 0.717) is 17.1 Å². The zero-order valence-electron chi connectivity index (χ0n) is 10.6. The second-order valence-electron chi connectivity index (χ2n) is 3.61. The first kappa shape index (κ1) is 14.4. The number of carbonyl (C=O) groups excluding carboxylic acids is 1. The van der Waals surface area contributed by atoms with Crippen molar-refractivity contribution in [1.29, 1.82) is 0 Å². The van der Waals surface area contributed by atoms with Crippen LogP contribution >= 0.6 is 11.6 Å². The summed E-state index contributed by atoms with van der Waals surface area (Å²) in [5.41, 5.74) is 1.30. The van der Waals surface area contributed by atoms with Crippen LogP contribution in [0.25, 0.3) is 0 Å². The Bertz CT molecular complexity index is 458. The van der Waals surface area contributed by atoms with Crippen LogP contribution in [-0.4, -0.2) is 26.7 Å². The molecule has 0 atom stereocenters. The van der Waals surface area contributed by atoms with Crippen LogP contribution < -0.4 is 10.1 Å². The largest absolute Gasteiger partial charge is 0.497 e. The maximum atomic E-state index is 11.2. The number of methoxy groups -OCH3 is 2. The molecule has 1 aromatic rings. The number of rotatable bonds is 5. The third-order valence-electron chi connectivity index (χ3n) is 2.38. The van der Waals surface area contributed by atoms with Gasteiger partial charge in [0.25, 0.3) is 0 Å². The van der Waals surface area contributed by atoms with Gasteiger partial charge in [-0.25, -0.2) is 4.79 Å². The highest BCUT2D eigenvalue weighted by Crippen LogP contribution is 2.26. The standard InChI is InChI=1S/C13H16ClNO3/c1-9(13(16)18-3)6-7-15-12-8-10(17-2)4-5-11(12)14/h4-6,8,15H,7H2,1-3H3/b9-6+. The number of hydrogen-bond donors (Lipinski definition) is 1. The minimum atomic E-state index is -0.339. The molecule has 0 bridgehead atoms. The van der Waals surface area contributed by atoms with E-state index in [0.717, 1.165) is 11.4 Å². The molecule has 0 aromatic heterocycles. The number of benzene rings is 1. The molecule has 5 heteroatoms. The summed E-state index contributed by atoms with van der Waals surface area (Å²) < 4.78 is 9.70. The molecule has 0 saturated carbocycles. The molecule has 0 spiro atoms. The Morgan fingerprint density at radius 2 is 2.17 bits per heavy atom. The number of carbonyl (C=O) groups is 1. The number of halogens is 1. The van der Waals surface area contributed by atoms with Crippen LogP contribution in [0.3, 0.4) is 0 Å². The van der Waals surface area contributed by atoms with Gasteiger partial charge in [-0.2, -0.15) is 0 Å². The van der Waals surface area contributed by atoms with Gasteiger partial charge in [-0.1, -0.05) is 17.7 Å². The first-order valence-corrected chi connectivity index (χ1v) is 5.78. The molecule has 1 N–H and O–H groups in total. The average Bonchev–Trinajstić information content (AvgIpc) is 2.39. The lowest BCUT2D eigenvalue weighted by molar-refractivity contribution is -0.136. The fraction of sp³-hybridized carbons (Fsp3) is 0.308. The van der Waals surface area contributed by atoms with Crippen molar-refractivity contribution in [2.24, 2.45) is 0 Å². The quantitative estimate of drug-likeness (QED) is 0.660. The van der Waals surface area contributed by atoms with E-state index in [-0.39, 0.29) is 5.97 Å². The predicted molar refractivity (Wildman–Crippen MR) is 72.3 cm³/mol. The lowest BCUT2D eigenvalue weighted by Crippen LogP contribution is -2.05. The van der Waals surface area contributed by atoms with Crippen molar-refractivity contribution < 1.29 is 14.3 Å². The van der Waals surface area contributed by atoms with E-state index in [1.54, 1.807) is 38.3 Å². The summed E-state index contributed by atoms with van der Waals surface area (Å²) in [7, 11) is 2.94. The highest BCUT2D eigenvalue weighted by Gasteiger charge is 2.03. The summed E-state index contributed by atoms with van der Waals surface area (Å²) in [6, 6.07) is 5.33. The van der Waals surface area contributed by atoms with Crippen molar-refractivity contribution in [3.05, 3.63) is 34.9 Å². The molecule has 0 heterocycles. The summed E-state index contributed by atoms with van der Waals surface area (Å²) in [6.45, 7) is 2.18. The maximum absolute atomic E-state index is 11.2. The van der Waals surface area contributed by atoms with Gasteiger partial charge in [0.15, 0.2) is 0 Å². The summed E-state index contributed by atoms with van der Waals surface area (Å²) in [6.07, 6.45) is 1.74. The topological polar surface area (TPSA) is 47.6 Å². The molecule has 0 radical (unpaired) electrons. The van der Waals surface area contributed by atoms with Gasteiger partial charge >= 0.3 is 5.97 Å². The molecular weight excluding hydrogens is 254 g/mol. The van der Waals surface area contributed by atoms with Crippen LogP contribution in [0, 0.1) is 0 Å². The van der Waals surface area contributed by atoms with Crippen molar-refractivity contribution in [2.75, 3.05) is 26.1 Å². The molecule has 0 amide bonds. The molecule has 0 unspecified atom stereocenters. The van der Waals surface area contributed by atoms with E-state index < -0.39 is 0 Å². The summed E-state index contributed by atoms with van der Waals surface area (Å²) in [5.74, 6) is 0.379. The minimum Gasteiger partial charge on any atom is -0.497 e. The second kappa shape index (κ2) is 6.91. The molecule has 18 heavy (non-hydrogen) atoms. The van der Waals surface area contributed by atoms with E-state index in [2.05, 4.69) is 10.1 Å². The van der Waals surface area contributed by atoms with Crippen LogP contribution in [0.1, 0.15) is 6.92 Å². The van der Waals surface area contributed by atoms with Gasteiger partial charge in [0, 0.05) is 18.2 Å². The summed E-state index contributed by atoms with van der Waals surface area (Å²) >= 11 is 6.03. The van der Waals surface area contributed by atoms with Crippen LogP contribution in [0.15, 0.2) is 29.8 Å². The molecule has 0 aliphatic heterocycles. The number of ether oxygens (including phenoxy) is 2. The van der Waals surface area contributed by atoms with Crippen molar-refractivity contribution in [2.45, 2.75) is 6.92 Å². The number of nitrogens with one attached hydrogen (secondary N) is 1. The summed E-state index contributed by atoms with van der Waals surface area (Å²) in [4.78, 5) is 11.2. The maximum Gasteiger partial charge on any atom is 0.333 e. The fourth-order valence-corrected chi connectivity index (χ4v) is 1.51. The highest BCUT2D eigenvalue weighted by molar-refractivity contribution is 6.33. The Kier molecular flexibility index (Phi) is 5.52. The smallest absolute Gasteiger partial charge is 0.333 e. The lowest BCUT2D eigenvalue weighted by atomic mass is 10.2. The fourth-order valence-electron chi connectivity index (χ4n) is 1.33. The molecule has 0 fully saturated rings. The SMILES string of the molecule is COC(=O)/C(C)=C/CNc1cc(OC)ccc1Cl. The van der Waals surface area contributed by atoms with Crippen molar-refractivity contribution in [3.8, 4) is 5.75 Å². The monoisotopic (exact) mass is 269 g/mol. The Hall–Kier alpha value is -1.68. The third kappa shape index (κ3) is 3.96. The molecule has 0 aliphatic rings. The molecule has 0 saturated heterocycles. The Labute approximate surface area is 112 Å². The van der Waals surface area contributed by atoms with Gasteiger partial charge in [-0.05, 0) is 19.1 Å². The zero-order chi connectivity index (χ0) is 13.5. The number of esters is 1. The Morgan fingerprint density at radius 1 is 1.44 bits per heavy atom. The minimum absolute atomic E-state index is 0.339. The Morgan fingerprint density at radius 3 is 2.78 bits per heavy atom. The summed E-state index contributed by atoms with van der Waals surface area (Å²) in [5, 5.41) is 3.70. The van der Waals surface area contributed by atoms with Gasteiger partial charge in [-0.3, -0.25) is 0 Å².